The van der Waals surface area contributed by atoms with E-state index >= 15 is 0 Å². The lowest BCUT2D eigenvalue weighted by molar-refractivity contribution is -0.120. The van der Waals surface area contributed by atoms with Gasteiger partial charge in [0.2, 0.25) is 5.91 Å². The summed E-state index contributed by atoms with van der Waals surface area (Å²) in [5, 5.41) is 4.00. The summed E-state index contributed by atoms with van der Waals surface area (Å²) in [4.78, 5) is 17.7. The van der Waals surface area contributed by atoms with Crippen LogP contribution >= 0.6 is 11.3 Å². The first-order chi connectivity index (χ1) is 10.1. The largest absolute Gasteiger partial charge is 0.496 e. The molecular weight excluding hydrogens is 284 g/mol. The van der Waals surface area contributed by atoms with Crippen LogP contribution in [-0.4, -0.2) is 24.5 Å². The first-order valence-corrected chi connectivity index (χ1v) is 7.73. The molecule has 0 radical (unpaired) electrons. The van der Waals surface area contributed by atoms with Gasteiger partial charge in [0, 0.05) is 23.4 Å². The van der Waals surface area contributed by atoms with Crippen LogP contribution in [0, 0.1) is 13.8 Å². The molecule has 0 aliphatic rings. The number of carbonyl (C=O) groups excluding carboxylic acids is 1. The Hall–Kier alpha value is -1.88. The van der Waals surface area contributed by atoms with Gasteiger partial charge in [-0.25, -0.2) is 4.98 Å². The van der Waals surface area contributed by atoms with Gasteiger partial charge in [0.25, 0.3) is 0 Å². The normalized spacial score (nSPS) is 10.4. The first kappa shape index (κ1) is 15.5. The fourth-order valence-corrected chi connectivity index (χ4v) is 2.97. The molecular formula is C16H20N2O2S. The zero-order valence-electron chi connectivity index (χ0n) is 12.6. The Morgan fingerprint density at radius 1 is 1.33 bits per heavy atom. The van der Waals surface area contributed by atoms with Crippen LogP contribution in [0.25, 0.3) is 0 Å². The summed E-state index contributed by atoms with van der Waals surface area (Å²) in [6, 6.07) is 7.58. The molecule has 5 heteroatoms. The van der Waals surface area contributed by atoms with Crippen LogP contribution in [0.3, 0.4) is 0 Å². The molecule has 112 valence electrons. The molecule has 0 aliphatic heterocycles. The number of amides is 1. The summed E-state index contributed by atoms with van der Waals surface area (Å²) in [6.07, 6.45) is 1.11. The van der Waals surface area contributed by atoms with Crippen molar-refractivity contribution in [2.75, 3.05) is 13.7 Å². The molecule has 0 fully saturated rings. The molecule has 1 aromatic heterocycles. The number of benzene rings is 1. The summed E-state index contributed by atoms with van der Waals surface area (Å²) < 4.78 is 5.25. The van der Waals surface area contributed by atoms with Crippen LogP contribution < -0.4 is 10.1 Å². The van der Waals surface area contributed by atoms with Crippen molar-refractivity contribution in [3.05, 3.63) is 45.4 Å². The standard InChI is InChI=1S/C16H20N2O2S/c1-11-12(2)21-16(18-11)8-9-17-15(19)10-13-6-4-5-7-14(13)20-3/h4-7H,8-10H2,1-3H3,(H,17,19). The Morgan fingerprint density at radius 3 is 2.76 bits per heavy atom. The second-order valence-electron chi connectivity index (χ2n) is 4.84. The topological polar surface area (TPSA) is 51.2 Å². The van der Waals surface area contributed by atoms with Crippen LogP contribution in [0.15, 0.2) is 24.3 Å². The van der Waals surface area contributed by atoms with Crippen molar-refractivity contribution in [2.24, 2.45) is 0 Å². The van der Waals surface area contributed by atoms with Gasteiger partial charge in [-0.1, -0.05) is 18.2 Å². The average Bonchev–Trinajstić information content (AvgIpc) is 2.78. The lowest BCUT2D eigenvalue weighted by Gasteiger charge is -2.08. The number of hydrogen-bond donors (Lipinski definition) is 1. The van der Waals surface area contributed by atoms with Crippen molar-refractivity contribution < 1.29 is 9.53 Å². The van der Waals surface area contributed by atoms with Gasteiger partial charge >= 0.3 is 0 Å². The summed E-state index contributed by atoms with van der Waals surface area (Å²) in [7, 11) is 1.61. The molecule has 0 aliphatic carbocycles. The van der Waals surface area contributed by atoms with E-state index in [1.165, 1.54) is 4.88 Å². The molecule has 2 aromatic rings. The molecule has 1 heterocycles. The van der Waals surface area contributed by atoms with Gasteiger partial charge in [-0.3, -0.25) is 4.79 Å². The SMILES string of the molecule is COc1ccccc1CC(=O)NCCc1nc(C)c(C)s1. The number of thiazole rings is 1. The third kappa shape index (κ3) is 4.29. The Morgan fingerprint density at radius 2 is 2.10 bits per heavy atom. The molecule has 0 spiro atoms. The molecule has 1 aromatic carbocycles. The predicted octanol–water partition coefficient (Wildman–Crippen LogP) is 2.67. The zero-order valence-corrected chi connectivity index (χ0v) is 13.4. The number of rotatable bonds is 6. The van der Waals surface area contributed by atoms with E-state index < -0.39 is 0 Å². The highest BCUT2D eigenvalue weighted by Gasteiger charge is 2.08. The third-order valence-electron chi connectivity index (χ3n) is 3.28. The Balaban J connectivity index is 1.82. The molecule has 0 unspecified atom stereocenters. The van der Waals surface area contributed by atoms with Gasteiger partial charge in [-0.05, 0) is 19.9 Å². The minimum atomic E-state index is 0.00417. The number of aromatic nitrogens is 1. The smallest absolute Gasteiger partial charge is 0.224 e. The number of nitrogens with one attached hydrogen (secondary N) is 1. The fourth-order valence-electron chi connectivity index (χ4n) is 2.04. The molecule has 1 N–H and O–H groups in total. The van der Waals surface area contributed by atoms with E-state index in [2.05, 4.69) is 17.2 Å². The highest BCUT2D eigenvalue weighted by atomic mass is 32.1. The van der Waals surface area contributed by atoms with E-state index in [0.29, 0.717) is 13.0 Å². The van der Waals surface area contributed by atoms with Crippen molar-refractivity contribution in [1.82, 2.24) is 10.3 Å². The monoisotopic (exact) mass is 304 g/mol. The number of hydrogen-bond acceptors (Lipinski definition) is 4. The van der Waals surface area contributed by atoms with E-state index in [1.807, 2.05) is 31.2 Å². The molecule has 1 amide bonds. The Labute approximate surface area is 129 Å². The summed E-state index contributed by atoms with van der Waals surface area (Å²) in [5.41, 5.74) is 1.98. The van der Waals surface area contributed by atoms with Crippen molar-refractivity contribution in [1.29, 1.82) is 0 Å². The lowest BCUT2D eigenvalue weighted by atomic mass is 10.1. The second kappa shape index (κ2) is 7.22. The zero-order chi connectivity index (χ0) is 15.2. The maximum Gasteiger partial charge on any atom is 0.224 e. The van der Waals surface area contributed by atoms with E-state index in [9.17, 15) is 4.79 Å². The highest BCUT2D eigenvalue weighted by molar-refractivity contribution is 7.11. The Bertz CT molecular complexity index is 603. The van der Waals surface area contributed by atoms with Crippen molar-refractivity contribution in [3.63, 3.8) is 0 Å². The maximum absolute atomic E-state index is 12.0. The fraction of sp³-hybridized carbons (Fsp3) is 0.375. The maximum atomic E-state index is 12.0. The quantitative estimate of drug-likeness (QED) is 0.892. The molecule has 2 rings (SSSR count). The van der Waals surface area contributed by atoms with Crippen LogP contribution in [0.2, 0.25) is 0 Å². The molecule has 4 nitrogen and oxygen atoms in total. The third-order valence-corrected chi connectivity index (χ3v) is 4.41. The van der Waals surface area contributed by atoms with Gasteiger partial charge in [-0.15, -0.1) is 11.3 Å². The number of aryl methyl sites for hydroxylation is 2. The highest BCUT2D eigenvalue weighted by Crippen LogP contribution is 2.18. The number of para-hydroxylation sites is 1. The number of nitrogens with zero attached hydrogens (tertiary/aromatic N) is 1. The summed E-state index contributed by atoms with van der Waals surface area (Å²) in [6.45, 7) is 4.69. The van der Waals surface area contributed by atoms with Gasteiger partial charge in [0.05, 0.1) is 24.2 Å². The Kier molecular flexibility index (Phi) is 5.33. The second-order valence-corrected chi connectivity index (χ2v) is 6.13. The molecule has 21 heavy (non-hydrogen) atoms. The molecule has 0 saturated carbocycles. The van der Waals surface area contributed by atoms with E-state index in [4.69, 9.17) is 4.74 Å². The van der Waals surface area contributed by atoms with Crippen LogP contribution in [0.4, 0.5) is 0 Å². The van der Waals surface area contributed by atoms with Crippen LogP contribution in [0.5, 0.6) is 5.75 Å². The molecule has 0 saturated heterocycles. The predicted molar refractivity (Wildman–Crippen MR) is 85.0 cm³/mol. The molecule has 0 atom stereocenters. The van der Waals surface area contributed by atoms with E-state index in [1.54, 1.807) is 18.4 Å². The molecule has 0 bridgehead atoms. The van der Waals surface area contributed by atoms with Crippen LogP contribution in [0.1, 0.15) is 21.1 Å². The minimum absolute atomic E-state index is 0.00417. The van der Waals surface area contributed by atoms with E-state index in [-0.39, 0.29) is 5.91 Å². The van der Waals surface area contributed by atoms with Gasteiger partial charge in [0.15, 0.2) is 0 Å². The minimum Gasteiger partial charge on any atom is -0.496 e. The van der Waals surface area contributed by atoms with Crippen molar-refractivity contribution in [2.45, 2.75) is 26.7 Å². The summed E-state index contributed by atoms with van der Waals surface area (Å²) >= 11 is 1.69. The average molecular weight is 304 g/mol. The number of carbonyl (C=O) groups is 1. The van der Waals surface area contributed by atoms with Gasteiger partial charge in [0.1, 0.15) is 5.75 Å². The van der Waals surface area contributed by atoms with Gasteiger partial charge in [-0.2, -0.15) is 0 Å². The number of methoxy groups -OCH3 is 1. The van der Waals surface area contributed by atoms with Crippen molar-refractivity contribution in [3.8, 4) is 5.75 Å². The number of ether oxygens (including phenoxy) is 1. The first-order valence-electron chi connectivity index (χ1n) is 6.91. The summed E-state index contributed by atoms with van der Waals surface area (Å²) in [5.74, 6) is 0.753. The lowest BCUT2D eigenvalue weighted by Crippen LogP contribution is -2.27. The van der Waals surface area contributed by atoms with Crippen molar-refractivity contribution >= 4 is 17.2 Å². The van der Waals surface area contributed by atoms with Crippen LogP contribution in [-0.2, 0) is 17.6 Å². The van der Waals surface area contributed by atoms with Gasteiger partial charge < -0.3 is 10.1 Å². The van der Waals surface area contributed by atoms with E-state index in [0.717, 1.165) is 28.4 Å².